The largest absolute Gasteiger partial charge is 0.423 e. The molecule has 0 spiro atoms. The van der Waals surface area contributed by atoms with Crippen LogP contribution in [0.2, 0.25) is 0 Å². The van der Waals surface area contributed by atoms with E-state index >= 15 is 0 Å². The van der Waals surface area contributed by atoms with Crippen molar-refractivity contribution in [1.82, 2.24) is 9.97 Å². The monoisotopic (exact) mass is 351 g/mol. The van der Waals surface area contributed by atoms with Gasteiger partial charge in [0.15, 0.2) is 0 Å². The van der Waals surface area contributed by atoms with Crippen LogP contribution < -0.4 is 21.4 Å². The fourth-order valence-corrected chi connectivity index (χ4v) is 2.65. The van der Waals surface area contributed by atoms with Gasteiger partial charge in [-0.25, -0.2) is 14.6 Å². The molecule has 3 rings (SSSR count). The molecule has 0 saturated carbocycles. The first-order valence-electron chi connectivity index (χ1n) is 8.13. The molecule has 0 radical (unpaired) electrons. The summed E-state index contributed by atoms with van der Waals surface area (Å²) in [6.45, 7) is 12.4. The Hall–Kier alpha value is -3.60. The van der Waals surface area contributed by atoms with Gasteiger partial charge in [0, 0.05) is 30.2 Å². The van der Waals surface area contributed by atoms with E-state index in [0.29, 0.717) is 30.2 Å². The zero-order valence-corrected chi connectivity index (χ0v) is 14.4. The normalized spacial score (nSPS) is 10.5. The van der Waals surface area contributed by atoms with E-state index < -0.39 is 11.2 Å². The highest BCUT2D eigenvalue weighted by atomic mass is 16.4. The van der Waals surface area contributed by atoms with E-state index in [9.17, 15) is 9.59 Å². The topological polar surface area (TPSA) is 95.6 Å². The average Bonchev–Trinajstić information content (AvgIpc) is 2.63. The molecule has 1 aromatic carbocycles. The minimum absolute atomic E-state index is 0.0282. The minimum Gasteiger partial charge on any atom is -0.423 e. The third-order valence-corrected chi connectivity index (χ3v) is 3.93. The number of nitrogens with one attached hydrogen (secondary N) is 2. The number of benzene rings is 1. The Bertz CT molecular complexity index is 1110. The number of hydrogen-bond acceptors (Lipinski definition) is 6. The van der Waals surface area contributed by atoms with Gasteiger partial charge in [-0.05, 0) is 38.1 Å². The predicted octanol–water partition coefficient (Wildman–Crippen LogP) is 3.02. The fourth-order valence-electron chi connectivity index (χ4n) is 2.65. The van der Waals surface area contributed by atoms with Crippen LogP contribution in [-0.4, -0.2) is 23.1 Å². The summed E-state index contributed by atoms with van der Waals surface area (Å²) in [6, 6.07) is 8.15. The summed E-state index contributed by atoms with van der Waals surface area (Å²) in [5.74, 6) is 0.587. The molecule has 26 heavy (non-hydrogen) atoms. The molecule has 3 aromatic rings. The van der Waals surface area contributed by atoms with Crippen LogP contribution in [-0.2, 0) is 0 Å². The second-order valence-corrected chi connectivity index (χ2v) is 5.50. The Labute approximate surface area is 148 Å². The van der Waals surface area contributed by atoms with E-state index in [1.165, 1.54) is 6.07 Å². The first kappa shape index (κ1) is 17.2. The molecule has 0 saturated heterocycles. The predicted molar refractivity (Wildman–Crippen MR) is 100 cm³/mol. The molecular weight excluding hydrogens is 334 g/mol. The summed E-state index contributed by atoms with van der Waals surface area (Å²) >= 11 is 0. The smallest absolute Gasteiger partial charge is 0.336 e. The maximum Gasteiger partial charge on any atom is 0.336 e. The van der Waals surface area contributed by atoms with Crippen LogP contribution in [0.25, 0.3) is 15.8 Å². The first-order chi connectivity index (χ1) is 12.5. The summed E-state index contributed by atoms with van der Waals surface area (Å²) in [6.07, 6.45) is 0. The summed E-state index contributed by atoms with van der Waals surface area (Å²) in [7, 11) is 0. The van der Waals surface area contributed by atoms with Crippen molar-refractivity contribution < 1.29 is 4.42 Å². The fraction of sp³-hybridized carbons (Fsp3) is 0.222. The van der Waals surface area contributed by atoms with Gasteiger partial charge in [0.05, 0.1) is 6.57 Å². The highest BCUT2D eigenvalue weighted by Gasteiger charge is 2.16. The molecule has 2 heterocycles. The number of H-pyrrole nitrogens is 1. The Morgan fingerprint density at radius 2 is 2.00 bits per heavy atom. The number of hydrogen-bond donors (Lipinski definition) is 2. The molecule has 132 valence electrons. The summed E-state index contributed by atoms with van der Waals surface area (Å²) in [5, 5.41) is 3.77. The zero-order valence-electron chi connectivity index (χ0n) is 14.4. The van der Waals surface area contributed by atoms with Crippen molar-refractivity contribution in [2.45, 2.75) is 13.8 Å². The quantitative estimate of drug-likeness (QED) is 0.542. The van der Waals surface area contributed by atoms with Crippen LogP contribution >= 0.6 is 0 Å². The molecule has 8 nitrogen and oxygen atoms in total. The molecule has 2 N–H and O–H groups in total. The van der Waals surface area contributed by atoms with Gasteiger partial charge in [0.1, 0.15) is 11.4 Å². The van der Waals surface area contributed by atoms with Crippen molar-refractivity contribution in [3.05, 3.63) is 62.5 Å². The van der Waals surface area contributed by atoms with Crippen molar-refractivity contribution in [2.75, 3.05) is 23.3 Å². The lowest BCUT2D eigenvalue weighted by Gasteiger charge is -2.21. The molecule has 0 bridgehead atoms. The Morgan fingerprint density at radius 3 is 2.69 bits per heavy atom. The summed E-state index contributed by atoms with van der Waals surface area (Å²) < 4.78 is 5.10. The SMILES string of the molecule is [C-]#[N+]c1c(N(CC)CC)nc(Nc2ccc3oc(=O)ccc3c2)[nH]c1=O. The number of aromatic nitrogens is 2. The zero-order chi connectivity index (χ0) is 18.7. The van der Waals surface area contributed by atoms with E-state index in [1.807, 2.05) is 18.7 Å². The molecule has 0 aliphatic heterocycles. The maximum atomic E-state index is 12.2. The minimum atomic E-state index is -0.494. The van der Waals surface area contributed by atoms with Gasteiger partial charge in [-0.15, -0.1) is 0 Å². The van der Waals surface area contributed by atoms with Crippen molar-refractivity contribution >= 4 is 34.1 Å². The van der Waals surface area contributed by atoms with Gasteiger partial charge in [-0.2, -0.15) is 0 Å². The highest BCUT2D eigenvalue weighted by molar-refractivity contribution is 5.81. The number of rotatable bonds is 5. The number of anilines is 3. The third kappa shape index (κ3) is 3.28. The van der Waals surface area contributed by atoms with Crippen LogP contribution in [0.1, 0.15) is 13.8 Å². The highest BCUT2D eigenvalue weighted by Crippen LogP contribution is 2.25. The van der Waals surface area contributed by atoms with Gasteiger partial charge in [-0.1, -0.05) is 0 Å². The van der Waals surface area contributed by atoms with Gasteiger partial charge < -0.3 is 19.6 Å². The molecule has 0 fully saturated rings. The third-order valence-electron chi connectivity index (χ3n) is 3.93. The number of aromatic amines is 1. The lowest BCUT2D eigenvalue weighted by Crippen LogP contribution is -2.26. The summed E-state index contributed by atoms with van der Waals surface area (Å²) in [5.41, 5.74) is 0.195. The van der Waals surface area contributed by atoms with Gasteiger partial charge >= 0.3 is 5.63 Å². The van der Waals surface area contributed by atoms with E-state index in [0.717, 1.165) is 5.39 Å². The molecular formula is C18H17N5O3. The van der Waals surface area contributed by atoms with E-state index in [-0.39, 0.29) is 11.6 Å². The number of fused-ring (bicyclic) bond motifs is 1. The van der Waals surface area contributed by atoms with Gasteiger partial charge in [-0.3, -0.25) is 4.79 Å². The molecule has 0 amide bonds. The molecule has 2 aromatic heterocycles. The maximum absolute atomic E-state index is 12.2. The molecule has 0 aliphatic carbocycles. The van der Waals surface area contributed by atoms with Crippen LogP contribution in [0.4, 0.5) is 23.1 Å². The van der Waals surface area contributed by atoms with Crippen molar-refractivity contribution in [2.24, 2.45) is 0 Å². The lowest BCUT2D eigenvalue weighted by atomic mass is 10.2. The van der Waals surface area contributed by atoms with Crippen molar-refractivity contribution in [3.63, 3.8) is 0 Å². The molecule has 0 aliphatic rings. The van der Waals surface area contributed by atoms with Crippen LogP contribution in [0.5, 0.6) is 0 Å². The van der Waals surface area contributed by atoms with Crippen LogP contribution in [0, 0.1) is 6.57 Å². The average molecular weight is 351 g/mol. The first-order valence-corrected chi connectivity index (χ1v) is 8.13. The molecule has 8 heteroatoms. The standard InChI is InChI=1S/C18H17N5O3/c1-4-23(5-2)16-15(19-3)17(25)22-18(21-16)20-12-7-8-13-11(10-12)6-9-14(24)26-13/h6-10H,4-5H2,1-2H3,(H2,20,21,22,25). The van der Waals surface area contributed by atoms with Crippen LogP contribution in [0.3, 0.4) is 0 Å². The van der Waals surface area contributed by atoms with Crippen molar-refractivity contribution in [3.8, 4) is 0 Å². The second kappa shape index (κ2) is 7.11. The van der Waals surface area contributed by atoms with Gasteiger partial charge in [0.25, 0.3) is 11.2 Å². The van der Waals surface area contributed by atoms with E-state index in [2.05, 4.69) is 20.1 Å². The van der Waals surface area contributed by atoms with Crippen molar-refractivity contribution in [1.29, 1.82) is 0 Å². The number of nitrogens with zero attached hydrogens (tertiary/aromatic N) is 3. The Kier molecular flexibility index (Phi) is 4.71. The van der Waals surface area contributed by atoms with Gasteiger partial charge in [0.2, 0.25) is 5.95 Å². The Morgan fingerprint density at radius 1 is 1.23 bits per heavy atom. The Balaban J connectivity index is 2.02. The van der Waals surface area contributed by atoms with E-state index in [4.69, 9.17) is 11.0 Å². The summed E-state index contributed by atoms with van der Waals surface area (Å²) in [4.78, 5) is 35.7. The lowest BCUT2D eigenvalue weighted by molar-refractivity contribution is 0.561. The molecule has 0 unspecified atom stereocenters. The second-order valence-electron chi connectivity index (χ2n) is 5.50. The van der Waals surface area contributed by atoms with E-state index in [1.54, 1.807) is 24.3 Å². The van der Waals surface area contributed by atoms with Crippen LogP contribution in [0.15, 0.2) is 44.3 Å². The molecule has 0 atom stereocenters.